The molecule has 0 bridgehead atoms. The number of hydrogen-bond acceptors (Lipinski definition) is 4. The Bertz CT molecular complexity index is 661. The van der Waals surface area contributed by atoms with E-state index in [1.807, 2.05) is 44.2 Å². The summed E-state index contributed by atoms with van der Waals surface area (Å²) in [7, 11) is 0. The maximum Gasteiger partial charge on any atom is 0.265 e. The van der Waals surface area contributed by atoms with Gasteiger partial charge in [0.2, 0.25) is 0 Å². The molecule has 1 aromatic heterocycles. The van der Waals surface area contributed by atoms with Crippen LogP contribution >= 0.6 is 23.6 Å². The summed E-state index contributed by atoms with van der Waals surface area (Å²) >= 11 is 6.46. The third-order valence-electron chi connectivity index (χ3n) is 3.10. The van der Waals surface area contributed by atoms with Crippen molar-refractivity contribution < 1.29 is 4.79 Å². The Hall–Kier alpha value is -1.66. The number of carbonyl (C=O) groups excluding carboxylic acids is 1. The van der Waals surface area contributed by atoms with E-state index >= 15 is 0 Å². The van der Waals surface area contributed by atoms with Crippen LogP contribution in [0.3, 0.4) is 0 Å². The lowest BCUT2D eigenvalue weighted by molar-refractivity contribution is 0.0944. The van der Waals surface area contributed by atoms with Crippen molar-refractivity contribution in [3.05, 3.63) is 44.7 Å². The highest BCUT2D eigenvalue weighted by molar-refractivity contribution is 7.73. The van der Waals surface area contributed by atoms with Gasteiger partial charge in [-0.25, -0.2) is 0 Å². The van der Waals surface area contributed by atoms with Crippen LogP contribution in [-0.2, 0) is 6.54 Å². The summed E-state index contributed by atoms with van der Waals surface area (Å²) in [6.07, 6.45) is 0. The number of rotatable bonds is 4. The summed E-state index contributed by atoms with van der Waals surface area (Å²) in [6, 6.07) is 9.73. The van der Waals surface area contributed by atoms with Crippen LogP contribution < -0.4 is 11.1 Å². The van der Waals surface area contributed by atoms with E-state index in [0.29, 0.717) is 21.2 Å². The third kappa shape index (κ3) is 2.91. The van der Waals surface area contributed by atoms with Crippen molar-refractivity contribution in [3.63, 3.8) is 0 Å². The minimum absolute atomic E-state index is 0.0751. The molecule has 1 unspecified atom stereocenters. The quantitative estimate of drug-likeness (QED) is 0.851. The number of hydrogen-bond donors (Lipinski definition) is 2. The molecule has 20 heavy (non-hydrogen) atoms. The zero-order valence-electron chi connectivity index (χ0n) is 11.4. The monoisotopic (exact) mass is 307 g/mol. The van der Waals surface area contributed by atoms with Gasteiger partial charge in [0, 0.05) is 6.54 Å². The van der Waals surface area contributed by atoms with Crippen molar-refractivity contribution in [3.8, 4) is 0 Å². The molecular weight excluding hydrogens is 290 g/mol. The molecule has 0 fully saturated rings. The molecule has 2 rings (SSSR count). The van der Waals surface area contributed by atoms with Gasteiger partial charge in [-0.2, -0.15) is 0 Å². The highest BCUT2D eigenvalue weighted by Crippen LogP contribution is 2.23. The van der Waals surface area contributed by atoms with Crippen LogP contribution in [-0.4, -0.2) is 10.5 Å². The van der Waals surface area contributed by atoms with Crippen molar-refractivity contribution in [1.82, 2.24) is 9.88 Å². The fourth-order valence-corrected chi connectivity index (χ4v) is 3.32. The van der Waals surface area contributed by atoms with Gasteiger partial charge in [-0.3, -0.25) is 4.79 Å². The van der Waals surface area contributed by atoms with E-state index in [1.165, 1.54) is 11.3 Å². The molecule has 1 aromatic carbocycles. The summed E-state index contributed by atoms with van der Waals surface area (Å²) in [5, 5.41) is 2.95. The fraction of sp³-hybridized carbons (Fsp3) is 0.286. The van der Waals surface area contributed by atoms with E-state index in [2.05, 4.69) is 5.32 Å². The Balaban J connectivity index is 2.19. The number of nitrogens with zero attached hydrogens (tertiary/aromatic N) is 1. The van der Waals surface area contributed by atoms with Crippen LogP contribution in [0.15, 0.2) is 30.3 Å². The average Bonchev–Trinajstić information content (AvgIpc) is 2.74. The maximum atomic E-state index is 12.3. The molecule has 0 spiro atoms. The number of benzene rings is 1. The van der Waals surface area contributed by atoms with E-state index in [9.17, 15) is 4.79 Å². The fourth-order valence-electron chi connectivity index (χ4n) is 1.96. The van der Waals surface area contributed by atoms with E-state index < -0.39 is 0 Å². The minimum atomic E-state index is -0.179. The van der Waals surface area contributed by atoms with Crippen molar-refractivity contribution in [2.45, 2.75) is 26.4 Å². The van der Waals surface area contributed by atoms with Crippen molar-refractivity contribution in [2.24, 2.45) is 0 Å². The lowest BCUT2D eigenvalue weighted by atomic mass is 10.1. The van der Waals surface area contributed by atoms with Gasteiger partial charge in [0.1, 0.15) is 10.7 Å². The first-order valence-electron chi connectivity index (χ1n) is 6.39. The molecule has 0 aliphatic heterocycles. The van der Waals surface area contributed by atoms with E-state index in [-0.39, 0.29) is 11.9 Å². The van der Waals surface area contributed by atoms with Crippen molar-refractivity contribution in [1.29, 1.82) is 0 Å². The number of amides is 1. The van der Waals surface area contributed by atoms with Crippen LogP contribution in [0.1, 0.15) is 35.1 Å². The second-order valence-electron chi connectivity index (χ2n) is 4.43. The van der Waals surface area contributed by atoms with Crippen molar-refractivity contribution in [2.75, 3.05) is 5.73 Å². The second kappa shape index (κ2) is 6.19. The van der Waals surface area contributed by atoms with Crippen LogP contribution in [0.5, 0.6) is 0 Å². The van der Waals surface area contributed by atoms with E-state index in [4.69, 9.17) is 18.0 Å². The molecule has 4 nitrogen and oxygen atoms in total. The Morgan fingerprint density at radius 1 is 1.45 bits per heavy atom. The summed E-state index contributed by atoms with van der Waals surface area (Å²) in [5.41, 5.74) is 7.03. The van der Waals surface area contributed by atoms with Gasteiger partial charge in [0.05, 0.1) is 6.04 Å². The molecule has 0 aliphatic rings. The Morgan fingerprint density at radius 3 is 2.65 bits per heavy atom. The number of carbonyl (C=O) groups is 1. The largest absolute Gasteiger partial charge is 0.384 e. The predicted molar refractivity (Wildman–Crippen MR) is 85.6 cm³/mol. The molecule has 1 amide bonds. The van der Waals surface area contributed by atoms with Gasteiger partial charge in [-0.05, 0) is 31.6 Å². The first-order chi connectivity index (χ1) is 9.54. The predicted octanol–water partition coefficient (Wildman–Crippen LogP) is 3.37. The molecular formula is C14H17N3OS2. The van der Waals surface area contributed by atoms with Gasteiger partial charge in [0.25, 0.3) is 5.91 Å². The van der Waals surface area contributed by atoms with Crippen LogP contribution in [0, 0.1) is 3.95 Å². The zero-order chi connectivity index (χ0) is 14.7. The molecule has 0 saturated heterocycles. The first kappa shape index (κ1) is 14.7. The molecule has 1 atom stereocenters. The van der Waals surface area contributed by atoms with Crippen molar-refractivity contribution >= 4 is 35.3 Å². The summed E-state index contributed by atoms with van der Waals surface area (Å²) in [6.45, 7) is 4.56. The number of anilines is 1. The maximum absolute atomic E-state index is 12.3. The van der Waals surface area contributed by atoms with Gasteiger partial charge in [-0.1, -0.05) is 41.7 Å². The standard InChI is InChI=1S/C14H17N3OS2/c1-3-17-12(15)11(20-14(17)19)13(18)16-9(2)10-7-5-4-6-8-10/h4-9H,3,15H2,1-2H3,(H,16,18). The number of nitrogens with one attached hydrogen (secondary N) is 1. The Kier molecular flexibility index (Phi) is 4.57. The highest BCUT2D eigenvalue weighted by Gasteiger charge is 2.18. The lowest BCUT2D eigenvalue weighted by Crippen LogP contribution is -2.26. The van der Waals surface area contributed by atoms with Gasteiger partial charge < -0.3 is 15.6 Å². The van der Waals surface area contributed by atoms with Gasteiger partial charge in [0.15, 0.2) is 3.95 Å². The topological polar surface area (TPSA) is 60.0 Å². The number of nitrogen functional groups attached to an aromatic ring is 1. The normalized spacial score (nSPS) is 12.1. The first-order valence-corrected chi connectivity index (χ1v) is 7.62. The zero-order valence-corrected chi connectivity index (χ0v) is 13.1. The number of nitrogens with two attached hydrogens (primary N) is 1. The lowest BCUT2D eigenvalue weighted by Gasteiger charge is -2.13. The Morgan fingerprint density at radius 2 is 2.10 bits per heavy atom. The summed E-state index contributed by atoms with van der Waals surface area (Å²) < 4.78 is 2.39. The molecule has 3 N–H and O–H groups in total. The van der Waals surface area contributed by atoms with E-state index in [1.54, 1.807) is 4.57 Å². The minimum Gasteiger partial charge on any atom is -0.384 e. The van der Waals surface area contributed by atoms with Crippen LogP contribution in [0.4, 0.5) is 5.82 Å². The van der Waals surface area contributed by atoms with Gasteiger partial charge >= 0.3 is 0 Å². The smallest absolute Gasteiger partial charge is 0.265 e. The molecule has 106 valence electrons. The summed E-state index contributed by atoms with van der Waals surface area (Å²) in [5.74, 6) is 0.266. The molecule has 0 aliphatic carbocycles. The molecule has 1 heterocycles. The number of aromatic nitrogens is 1. The average molecular weight is 307 g/mol. The highest BCUT2D eigenvalue weighted by atomic mass is 32.1. The molecule has 0 saturated carbocycles. The van der Waals surface area contributed by atoms with Gasteiger partial charge in [-0.15, -0.1) is 0 Å². The third-order valence-corrected chi connectivity index (χ3v) is 4.57. The second-order valence-corrected chi connectivity index (χ2v) is 6.08. The number of thiazole rings is 1. The van der Waals surface area contributed by atoms with E-state index in [0.717, 1.165) is 5.56 Å². The molecule has 0 radical (unpaired) electrons. The molecule has 2 aromatic rings. The van der Waals surface area contributed by atoms with Crippen LogP contribution in [0.2, 0.25) is 0 Å². The summed E-state index contributed by atoms with van der Waals surface area (Å²) in [4.78, 5) is 12.8. The van der Waals surface area contributed by atoms with Crippen LogP contribution in [0.25, 0.3) is 0 Å². The SMILES string of the molecule is CCn1c(N)c(C(=O)NC(C)c2ccccc2)sc1=S. The Labute approximate surface area is 127 Å². The molecule has 6 heteroatoms.